The van der Waals surface area contributed by atoms with Crippen molar-refractivity contribution < 1.29 is 14.0 Å². The van der Waals surface area contributed by atoms with Gasteiger partial charge >= 0.3 is 0 Å². The number of hydrogen-bond donors (Lipinski definition) is 3. The van der Waals surface area contributed by atoms with Gasteiger partial charge in [0, 0.05) is 5.56 Å². The summed E-state index contributed by atoms with van der Waals surface area (Å²) in [5.74, 6) is 6.03. The highest BCUT2D eigenvalue weighted by Crippen LogP contribution is 2.26. The summed E-state index contributed by atoms with van der Waals surface area (Å²) < 4.78 is 6.84. The van der Waals surface area contributed by atoms with Crippen molar-refractivity contribution in [2.75, 3.05) is 11.3 Å². The van der Waals surface area contributed by atoms with Crippen molar-refractivity contribution in [2.45, 2.75) is 0 Å². The number of nitrogens with zero attached hydrogens (tertiary/aromatic N) is 4. The van der Waals surface area contributed by atoms with Crippen molar-refractivity contribution in [2.24, 2.45) is 5.10 Å². The highest BCUT2D eigenvalue weighted by Gasteiger charge is 2.27. The topological polar surface area (TPSA) is 140 Å². The van der Waals surface area contributed by atoms with E-state index in [4.69, 9.17) is 10.3 Å². The van der Waals surface area contributed by atoms with Crippen LogP contribution >= 0.6 is 0 Å². The zero-order valence-corrected chi connectivity index (χ0v) is 12.6. The number of amides is 2. The van der Waals surface area contributed by atoms with Crippen molar-refractivity contribution in [3.8, 4) is 11.3 Å². The first-order valence-corrected chi connectivity index (χ1v) is 7.16. The second-order valence-corrected chi connectivity index (χ2v) is 5.18. The molecule has 0 spiro atoms. The Hall–Kier alpha value is -3.95. The molecular formula is C15H11N7O3. The Morgan fingerprint density at radius 3 is 2.84 bits per heavy atom. The van der Waals surface area contributed by atoms with Crippen LogP contribution in [0.2, 0.25) is 0 Å². The lowest BCUT2D eigenvalue weighted by Crippen LogP contribution is -2.19. The molecule has 10 nitrogen and oxygen atoms in total. The molecule has 3 heterocycles. The molecule has 0 fully saturated rings. The van der Waals surface area contributed by atoms with Crippen molar-refractivity contribution >= 4 is 24.0 Å². The first-order valence-electron chi connectivity index (χ1n) is 7.16. The van der Waals surface area contributed by atoms with Gasteiger partial charge in [-0.1, -0.05) is 6.07 Å². The number of carbonyl (C=O) groups excluding carboxylic acids is 2. The van der Waals surface area contributed by atoms with Crippen molar-refractivity contribution in [1.29, 1.82) is 0 Å². The van der Waals surface area contributed by atoms with Crippen LogP contribution in [0.5, 0.6) is 0 Å². The molecule has 25 heavy (non-hydrogen) atoms. The van der Waals surface area contributed by atoms with E-state index in [9.17, 15) is 9.59 Å². The van der Waals surface area contributed by atoms with Crippen LogP contribution < -0.4 is 16.6 Å². The lowest BCUT2D eigenvalue weighted by atomic mass is 10.0. The minimum absolute atomic E-state index is 0.275. The number of carbonyl (C=O) groups is 2. The molecule has 0 bridgehead atoms. The molecule has 1 aromatic carbocycles. The maximum absolute atomic E-state index is 11.7. The van der Waals surface area contributed by atoms with E-state index in [1.807, 2.05) is 0 Å². The third-order valence-corrected chi connectivity index (χ3v) is 3.58. The average molecular weight is 337 g/mol. The SMILES string of the molecule is Nn1cnnc1N/N=C/c1ccc(-c2ccc3c(c2)C(=O)NC3=O)o1. The molecule has 0 atom stereocenters. The summed E-state index contributed by atoms with van der Waals surface area (Å²) in [5, 5.41) is 13.5. The van der Waals surface area contributed by atoms with E-state index in [1.165, 1.54) is 17.2 Å². The predicted molar refractivity (Wildman–Crippen MR) is 87.3 cm³/mol. The third-order valence-electron chi connectivity index (χ3n) is 3.58. The molecule has 4 rings (SSSR count). The number of furan rings is 1. The predicted octanol–water partition coefficient (Wildman–Crippen LogP) is 0.581. The molecule has 0 saturated carbocycles. The van der Waals surface area contributed by atoms with Crippen LogP contribution in [0.25, 0.3) is 11.3 Å². The number of hydrogen-bond acceptors (Lipinski definition) is 8. The lowest BCUT2D eigenvalue weighted by molar-refractivity contribution is 0.0879. The molecule has 124 valence electrons. The fourth-order valence-corrected chi connectivity index (χ4v) is 2.37. The molecule has 1 aliphatic heterocycles. The van der Waals surface area contributed by atoms with Gasteiger partial charge in [0.1, 0.15) is 17.8 Å². The van der Waals surface area contributed by atoms with Gasteiger partial charge in [0.2, 0.25) is 0 Å². The summed E-state index contributed by atoms with van der Waals surface area (Å²) in [6.45, 7) is 0. The van der Waals surface area contributed by atoms with Gasteiger partial charge in [-0.3, -0.25) is 14.9 Å². The molecule has 1 aliphatic rings. The summed E-state index contributed by atoms with van der Waals surface area (Å²) in [6, 6.07) is 8.38. The van der Waals surface area contributed by atoms with Gasteiger partial charge in [-0.05, 0) is 24.3 Å². The van der Waals surface area contributed by atoms with Crippen LogP contribution in [0.4, 0.5) is 5.95 Å². The maximum atomic E-state index is 11.7. The lowest BCUT2D eigenvalue weighted by Gasteiger charge is -1.99. The molecule has 4 N–H and O–H groups in total. The Balaban J connectivity index is 1.54. The van der Waals surface area contributed by atoms with Crippen LogP contribution in [0, 0.1) is 0 Å². The first kappa shape index (κ1) is 14.6. The van der Waals surface area contributed by atoms with Gasteiger partial charge in [0.05, 0.1) is 17.3 Å². The number of anilines is 1. The van der Waals surface area contributed by atoms with Gasteiger partial charge in [0.25, 0.3) is 17.8 Å². The van der Waals surface area contributed by atoms with Gasteiger partial charge in [-0.15, -0.1) is 10.2 Å². The van der Waals surface area contributed by atoms with Crippen molar-refractivity contribution in [3.63, 3.8) is 0 Å². The summed E-state index contributed by atoms with van der Waals surface area (Å²) in [4.78, 5) is 23.3. The number of aromatic nitrogens is 3. The Morgan fingerprint density at radius 1 is 1.20 bits per heavy atom. The molecule has 2 amide bonds. The summed E-state index contributed by atoms with van der Waals surface area (Å²) in [5.41, 5.74) is 3.99. The number of hydrazone groups is 1. The normalized spacial score (nSPS) is 13.3. The van der Waals surface area contributed by atoms with Gasteiger partial charge in [0.15, 0.2) is 0 Å². The van der Waals surface area contributed by atoms with Gasteiger partial charge in [-0.2, -0.15) is 5.10 Å². The second kappa shape index (κ2) is 5.60. The highest BCUT2D eigenvalue weighted by atomic mass is 16.3. The van der Waals surface area contributed by atoms with Gasteiger partial charge < -0.3 is 10.3 Å². The fourth-order valence-electron chi connectivity index (χ4n) is 2.37. The van der Waals surface area contributed by atoms with E-state index in [2.05, 4.69) is 26.0 Å². The number of benzene rings is 1. The van der Waals surface area contributed by atoms with E-state index in [0.717, 1.165) is 0 Å². The quantitative estimate of drug-likeness (QED) is 0.274. The van der Waals surface area contributed by atoms with E-state index >= 15 is 0 Å². The van der Waals surface area contributed by atoms with Crippen LogP contribution in [0.15, 0.2) is 46.2 Å². The molecule has 2 aromatic heterocycles. The first-order chi connectivity index (χ1) is 12.1. The van der Waals surface area contributed by atoms with Crippen molar-refractivity contribution in [1.82, 2.24) is 20.2 Å². The zero-order valence-electron chi connectivity index (χ0n) is 12.6. The minimum Gasteiger partial charge on any atom is -0.455 e. The maximum Gasteiger partial charge on any atom is 0.263 e. The number of nitrogen functional groups attached to an aromatic ring is 1. The van der Waals surface area contributed by atoms with E-state index in [-0.39, 0.29) is 5.95 Å². The van der Waals surface area contributed by atoms with Gasteiger partial charge in [-0.25, -0.2) is 10.1 Å². The average Bonchev–Trinajstić information content (AvgIpc) is 3.29. The second-order valence-electron chi connectivity index (χ2n) is 5.18. The monoisotopic (exact) mass is 337 g/mol. The Kier molecular flexibility index (Phi) is 3.28. The minimum atomic E-state index is -0.412. The van der Waals surface area contributed by atoms with Crippen LogP contribution in [0.3, 0.4) is 0 Å². The molecule has 0 saturated heterocycles. The summed E-state index contributed by atoms with van der Waals surface area (Å²) in [7, 11) is 0. The fraction of sp³-hybridized carbons (Fsp3) is 0. The smallest absolute Gasteiger partial charge is 0.263 e. The highest BCUT2D eigenvalue weighted by molar-refractivity contribution is 6.21. The number of rotatable bonds is 4. The third kappa shape index (κ3) is 2.61. The van der Waals surface area contributed by atoms with E-state index < -0.39 is 11.8 Å². The Labute approximate surface area is 140 Å². The number of imide groups is 1. The molecule has 0 unspecified atom stereocenters. The van der Waals surface area contributed by atoms with Crippen molar-refractivity contribution in [3.05, 3.63) is 53.5 Å². The standard InChI is InChI=1S/C15H11N7O3/c16-22-7-18-21-15(22)20-17-6-9-2-4-12(25-9)8-1-3-10-11(5-8)14(24)19-13(10)23/h1-7H,16H2,(H,20,21)(H,19,23,24)/b17-6+. The van der Waals surface area contributed by atoms with Crippen LogP contribution in [-0.4, -0.2) is 32.9 Å². The van der Waals surface area contributed by atoms with Crippen LogP contribution in [-0.2, 0) is 0 Å². The number of nitrogens with two attached hydrogens (primary N) is 1. The summed E-state index contributed by atoms with van der Waals surface area (Å²) in [6.07, 6.45) is 2.78. The van der Waals surface area contributed by atoms with E-state index in [1.54, 1.807) is 30.3 Å². The van der Waals surface area contributed by atoms with Crippen LogP contribution in [0.1, 0.15) is 26.5 Å². The Bertz CT molecular complexity index is 1020. The molecule has 10 heteroatoms. The molecular weight excluding hydrogens is 326 g/mol. The molecule has 3 aromatic rings. The largest absolute Gasteiger partial charge is 0.455 e. The summed E-state index contributed by atoms with van der Waals surface area (Å²) >= 11 is 0. The zero-order chi connectivity index (χ0) is 17.4. The molecule has 0 aliphatic carbocycles. The van der Waals surface area contributed by atoms with E-state index in [0.29, 0.717) is 28.2 Å². The number of fused-ring (bicyclic) bond motifs is 1. The number of nitrogens with one attached hydrogen (secondary N) is 2. The Morgan fingerprint density at radius 2 is 2.04 bits per heavy atom. The molecule has 0 radical (unpaired) electrons.